The number of nitrogens with one attached hydrogen (secondary N) is 1. The fraction of sp³-hybridized carbons (Fsp3) is 0.188. The lowest BCUT2D eigenvalue weighted by Gasteiger charge is -2.13. The van der Waals surface area contributed by atoms with E-state index in [9.17, 15) is 4.79 Å². The van der Waals surface area contributed by atoms with Gasteiger partial charge in [-0.1, -0.05) is 0 Å². The van der Waals surface area contributed by atoms with E-state index < -0.39 is 0 Å². The first kappa shape index (κ1) is 15.5. The standard InChI is InChI=1S/C16H18N2O4/c1-20-10-4-6-12(13(17)8-10)16(19)18-14-7-5-11(21-2)9-15(14)22-3/h4-9H,17H2,1-3H3,(H,18,19). The van der Waals surface area contributed by atoms with Crippen molar-refractivity contribution in [3.8, 4) is 17.2 Å². The normalized spacial score (nSPS) is 9.95. The summed E-state index contributed by atoms with van der Waals surface area (Å²) < 4.78 is 15.4. The molecule has 6 nitrogen and oxygen atoms in total. The minimum absolute atomic E-state index is 0.330. The molecule has 0 fully saturated rings. The average molecular weight is 302 g/mol. The second kappa shape index (κ2) is 6.71. The number of hydrogen-bond acceptors (Lipinski definition) is 5. The van der Waals surface area contributed by atoms with Gasteiger partial charge >= 0.3 is 0 Å². The molecular weight excluding hydrogens is 284 g/mol. The van der Waals surface area contributed by atoms with Crippen molar-refractivity contribution in [2.24, 2.45) is 0 Å². The second-order valence-electron chi connectivity index (χ2n) is 4.47. The van der Waals surface area contributed by atoms with Crippen LogP contribution in [0.15, 0.2) is 36.4 Å². The van der Waals surface area contributed by atoms with E-state index in [1.165, 1.54) is 14.2 Å². The molecule has 3 N–H and O–H groups in total. The van der Waals surface area contributed by atoms with E-state index >= 15 is 0 Å². The Morgan fingerprint density at radius 2 is 1.59 bits per heavy atom. The van der Waals surface area contributed by atoms with Crippen LogP contribution in [0.3, 0.4) is 0 Å². The monoisotopic (exact) mass is 302 g/mol. The number of nitrogens with two attached hydrogens (primary N) is 1. The molecule has 0 spiro atoms. The zero-order valence-corrected chi connectivity index (χ0v) is 12.7. The van der Waals surface area contributed by atoms with E-state index in [2.05, 4.69) is 5.32 Å². The predicted molar refractivity (Wildman–Crippen MR) is 84.9 cm³/mol. The van der Waals surface area contributed by atoms with E-state index in [0.29, 0.717) is 34.2 Å². The van der Waals surface area contributed by atoms with Gasteiger partial charge in [-0.05, 0) is 24.3 Å². The lowest BCUT2D eigenvalue weighted by atomic mass is 10.1. The first-order chi connectivity index (χ1) is 10.6. The zero-order valence-electron chi connectivity index (χ0n) is 12.7. The molecule has 0 atom stereocenters. The molecule has 2 aromatic carbocycles. The molecule has 22 heavy (non-hydrogen) atoms. The lowest BCUT2D eigenvalue weighted by molar-refractivity contribution is 0.102. The number of anilines is 2. The van der Waals surface area contributed by atoms with Crippen LogP contribution in [0.1, 0.15) is 10.4 Å². The lowest BCUT2D eigenvalue weighted by Crippen LogP contribution is -2.14. The Bertz CT molecular complexity index is 686. The van der Waals surface area contributed by atoms with Crippen molar-refractivity contribution < 1.29 is 19.0 Å². The molecule has 0 aromatic heterocycles. The van der Waals surface area contributed by atoms with Gasteiger partial charge in [0.05, 0.1) is 32.6 Å². The first-order valence-electron chi connectivity index (χ1n) is 6.56. The molecule has 0 unspecified atom stereocenters. The molecule has 0 saturated carbocycles. The van der Waals surface area contributed by atoms with Crippen LogP contribution in [0.5, 0.6) is 17.2 Å². The molecule has 2 rings (SSSR count). The summed E-state index contributed by atoms with van der Waals surface area (Å²) in [6.45, 7) is 0. The van der Waals surface area contributed by atoms with Gasteiger partial charge in [-0.15, -0.1) is 0 Å². The Morgan fingerprint density at radius 1 is 0.955 bits per heavy atom. The van der Waals surface area contributed by atoms with Crippen molar-refractivity contribution in [1.29, 1.82) is 0 Å². The third-order valence-corrected chi connectivity index (χ3v) is 3.16. The van der Waals surface area contributed by atoms with E-state index in [0.717, 1.165) is 0 Å². The molecule has 0 radical (unpaired) electrons. The second-order valence-corrected chi connectivity index (χ2v) is 4.47. The van der Waals surface area contributed by atoms with E-state index in [1.807, 2.05) is 0 Å². The van der Waals surface area contributed by atoms with Crippen LogP contribution in [0.25, 0.3) is 0 Å². The Labute approximate surface area is 128 Å². The molecule has 0 aliphatic carbocycles. The van der Waals surface area contributed by atoms with Crippen LogP contribution >= 0.6 is 0 Å². The number of rotatable bonds is 5. The molecule has 116 valence electrons. The van der Waals surface area contributed by atoms with E-state index in [-0.39, 0.29) is 5.91 Å². The van der Waals surface area contributed by atoms with Gasteiger partial charge in [-0.2, -0.15) is 0 Å². The van der Waals surface area contributed by atoms with Crippen molar-refractivity contribution in [3.05, 3.63) is 42.0 Å². The highest BCUT2D eigenvalue weighted by Crippen LogP contribution is 2.30. The highest BCUT2D eigenvalue weighted by atomic mass is 16.5. The summed E-state index contributed by atoms with van der Waals surface area (Å²) >= 11 is 0. The largest absolute Gasteiger partial charge is 0.497 e. The summed E-state index contributed by atoms with van der Waals surface area (Å²) in [6.07, 6.45) is 0. The number of hydrogen-bond donors (Lipinski definition) is 2. The van der Waals surface area contributed by atoms with Crippen LogP contribution in [0.2, 0.25) is 0 Å². The molecule has 1 amide bonds. The summed E-state index contributed by atoms with van der Waals surface area (Å²) in [4.78, 5) is 12.3. The Morgan fingerprint density at radius 3 is 2.18 bits per heavy atom. The fourth-order valence-electron chi connectivity index (χ4n) is 1.97. The van der Waals surface area contributed by atoms with Gasteiger partial charge in [0.15, 0.2) is 0 Å². The third kappa shape index (κ3) is 3.22. The van der Waals surface area contributed by atoms with Crippen molar-refractivity contribution in [3.63, 3.8) is 0 Å². The molecule has 0 saturated heterocycles. The molecule has 0 aliphatic heterocycles. The van der Waals surface area contributed by atoms with Gasteiger partial charge in [0.1, 0.15) is 17.2 Å². The van der Waals surface area contributed by atoms with Crippen molar-refractivity contribution in [2.45, 2.75) is 0 Å². The Hall–Kier alpha value is -2.89. The smallest absolute Gasteiger partial charge is 0.257 e. The van der Waals surface area contributed by atoms with Crippen LogP contribution in [0.4, 0.5) is 11.4 Å². The Kier molecular flexibility index (Phi) is 4.73. The average Bonchev–Trinajstić information content (AvgIpc) is 2.54. The number of carbonyl (C=O) groups excluding carboxylic acids is 1. The Balaban J connectivity index is 2.25. The maximum Gasteiger partial charge on any atom is 0.257 e. The zero-order chi connectivity index (χ0) is 16.1. The van der Waals surface area contributed by atoms with Gasteiger partial charge < -0.3 is 25.3 Å². The van der Waals surface area contributed by atoms with Crippen molar-refractivity contribution >= 4 is 17.3 Å². The van der Waals surface area contributed by atoms with Crippen LogP contribution in [0, 0.1) is 0 Å². The fourth-order valence-corrected chi connectivity index (χ4v) is 1.97. The number of ether oxygens (including phenoxy) is 3. The minimum Gasteiger partial charge on any atom is -0.497 e. The van der Waals surface area contributed by atoms with Gasteiger partial charge in [0.25, 0.3) is 5.91 Å². The maximum atomic E-state index is 12.3. The highest BCUT2D eigenvalue weighted by Gasteiger charge is 2.13. The number of amides is 1. The summed E-state index contributed by atoms with van der Waals surface area (Å²) in [5.41, 5.74) is 7.10. The molecule has 2 aromatic rings. The van der Waals surface area contributed by atoms with Crippen LogP contribution < -0.4 is 25.3 Å². The van der Waals surface area contributed by atoms with Gasteiger partial charge in [-0.25, -0.2) is 0 Å². The van der Waals surface area contributed by atoms with Gasteiger partial charge in [0, 0.05) is 17.8 Å². The van der Waals surface area contributed by atoms with Gasteiger partial charge in [0.2, 0.25) is 0 Å². The first-order valence-corrected chi connectivity index (χ1v) is 6.56. The quantitative estimate of drug-likeness (QED) is 0.829. The molecular formula is C16H18N2O4. The molecule has 0 heterocycles. The SMILES string of the molecule is COc1ccc(C(=O)Nc2ccc(OC)cc2OC)c(N)c1. The van der Waals surface area contributed by atoms with Crippen molar-refractivity contribution in [2.75, 3.05) is 32.4 Å². The van der Waals surface area contributed by atoms with E-state index in [1.54, 1.807) is 43.5 Å². The maximum absolute atomic E-state index is 12.3. The number of nitrogen functional groups attached to an aromatic ring is 1. The van der Waals surface area contributed by atoms with Crippen LogP contribution in [-0.2, 0) is 0 Å². The van der Waals surface area contributed by atoms with E-state index in [4.69, 9.17) is 19.9 Å². The van der Waals surface area contributed by atoms with Crippen molar-refractivity contribution in [1.82, 2.24) is 0 Å². The minimum atomic E-state index is -0.330. The highest BCUT2D eigenvalue weighted by molar-refractivity contribution is 6.08. The van der Waals surface area contributed by atoms with Gasteiger partial charge in [-0.3, -0.25) is 4.79 Å². The summed E-state index contributed by atoms with van der Waals surface area (Å²) in [6, 6.07) is 10.0. The summed E-state index contributed by atoms with van der Waals surface area (Å²) in [5, 5.41) is 2.77. The summed E-state index contributed by atoms with van der Waals surface area (Å²) in [5.74, 6) is 1.40. The molecule has 0 bridgehead atoms. The third-order valence-electron chi connectivity index (χ3n) is 3.16. The topological polar surface area (TPSA) is 82.8 Å². The number of carbonyl (C=O) groups is 1. The number of methoxy groups -OCH3 is 3. The van der Waals surface area contributed by atoms with Crippen LogP contribution in [-0.4, -0.2) is 27.2 Å². The summed E-state index contributed by atoms with van der Waals surface area (Å²) in [7, 11) is 4.62. The number of benzene rings is 2. The molecule has 0 aliphatic rings. The molecule has 6 heteroatoms. The predicted octanol–water partition coefficient (Wildman–Crippen LogP) is 2.55.